The highest BCUT2D eigenvalue weighted by molar-refractivity contribution is 7.45. The second-order valence-corrected chi connectivity index (χ2v) is 11.7. The van der Waals surface area contributed by atoms with Crippen LogP contribution in [0.1, 0.15) is 96.8 Å². The predicted octanol–water partition coefficient (Wildman–Crippen LogP) is 5.14. The van der Waals surface area contributed by atoms with E-state index in [9.17, 15) is 19.4 Å². The summed E-state index contributed by atoms with van der Waals surface area (Å²) < 4.78 is 26.6. The molecule has 0 fully saturated rings. The minimum absolute atomic E-state index is 0.00862. The largest absolute Gasteiger partial charge is 0.756 e. The van der Waals surface area contributed by atoms with Crippen molar-refractivity contribution in [2.24, 2.45) is 0 Å². The van der Waals surface area contributed by atoms with Gasteiger partial charge in [-0.3, -0.25) is 9.36 Å². The number of quaternary nitrogens is 1. The van der Waals surface area contributed by atoms with Crippen molar-refractivity contribution in [2.45, 2.75) is 103 Å². The number of carbonyl (C=O) groups excluding carboxylic acids is 1. The van der Waals surface area contributed by atoms with Gasteiger partial charge in [-0.15, -0.1) is 0 Å². The van der Waals surface area contributed by atoms with Crippen LogP contribution >= 0.6 is 7.82 Å². The fraction of sp³-hybridized carbons (Fsp3) is 0.885. The van der Waals surface area contributed by atoms with E-state index < -0.39 is 26.5 Å². The highest BCUT2D eigenvalue weighted by Crippen LogP contribution is 2.38. The van der Waals surface area contributed by atoms with E-state index in [1.807, 2.05) is 21.1 Å². The number of allylic oxidation sites excluding steroid dienone is 2. The number of unbranched alkanes of at least 4 members (excludes halogenated alkanes) is 11. The highest BCUT2D eigenvalue weighted by atomic mass is 31.2. The molecule has 0 heterocycles. The Bertz CT molecular complexity index is 593. The molecule has 208 valence electrons. The summed E-state index contributed by atoms with van der Waals surface area (Å²) in [5, 5.41) is 9.79. The first kappa shape index (κ1) is 34.2. The first-order valence-corrected chi connectivity index (χ1v) is 14.9. The fourth-order valence-corrected chi connectivity index (χ4v) is 4.03. The number of nitrogens with zero attached hydrogens (tertiary/aromatic N) is 1. The van der Waals surface area contributed by atoms with E-state index >= 15 is 0 Å². The number of aliphatic hydroxyl groups is 1. The van der Waals surface area contributed by atoms with E-state index in [1.54, 1.807) is 0 Å². The van der Waals surface area contributed by atoms with Gasteiger partial charge in [0.2, 0.25) is 0 Å². The van der Waals surface area contributed by atoms with Crippen LogP contribution in [0.4, 0.5) is 0 Å². The second kappa shape index (κ2) is 21.3. The number of aliphatic hydroxyl groups excluding tert-OH is 1. The number of phosphoric ester groups is 1. The predicted molar refractivity (Wildman–Crippen MR) is 139 cm³/mol. The molecule has 2 atom stereocenters. The highest BCUT2D eigenvalue weighted by Gasteiger charge is 2.16. The summed E-state index contributed by atoms with van der Waals surface area (Å²) in [6.07, 6.45) is 19.1. The summed E-state index contributed by atoms with van der Waals surface area (Å²) in [4.78, 5) is 23.5. The van der Waals surface area contributed by atoms with Crippen LogP contribution in [0.2, 0.25) is 0 Å². The van der Waals surface area contributed by atoms with E-state index in [-0.39, 0.29) is 13.2 Å². The Morgan fingerprint density at radius 1 is 0.886 bits per heavy atom. The Morgan fingerprint density at radius 3 is 2.00 bits per heavy atom. The van der Waals surface area contributed by atoms with Crippen LogP contribution in [-0.2, 0) is 23.1 Å². The van der Waals surface area contributed by atoms with Crippen molar-refractivity contribution in [3.63, 3.8) is 0 Å². The van der Waals surface area contributed by atoms with Crippen LogP contribution in [0.15, 0.2) is 12.2 Å². The lowest BCUT2D eigenvalue weighted by Crippen LogP contribution is -2.37. The van der Waals surface area contributed by atoms with Crippen molar-refractivity contribution in [1.29, 1.82) is 0 Å². The van der Waals surface area contributed by atoms with Gasteiger partial charge in [-0.1, -0.05) is 70.4 Å². The standard InChI is InChI=1S/C26H52NO7P/c1-5-6-7-8-9-10-11-12-13-14-15-16-17-18-19-20-26(29)32-23-25(28)24-34-35(30,31)33-22-21-27(2,3)4/h12-13,25,28H,5-11,14-24H2,1-4H3/b13-12+. The molecule has 0 aliphatic carbocycles. The third-order valence-corrected chi connectivity index (χ3v) is 6.48. The monoisotopic (exact) mass is 521 g/mol. The summed E-state index contributed by atoms with van der Waals surface area (Å²) in [7, 11) is 1.24. The smallest absolute Gasteiger partial charge is 0.305 e. The van der Waals surface area contributed by atoms with Gasteiger partial charge in [-0.05, 0) is 32.1 Å². The zero-order valence-electron chi connectivity index (χ0n) is 22.8. The normalized spacial score (nSPS) is 14.8. The maximum atomic E-state index is 11.8. The van der Waals surface area contributed by atoms with Crippen LogP contribution in [-0.4, -0.2) is 69.2 Å². The Kier molecular flexibility index (Phi) is 20.9. The van der Waals surface area contributed by atoms with Crippen LogP contribution in [0.25, 0.3) is 0 Å². The number of phosphoric acid groups is 1. The van der Waals surface area contributed by atoms with Gasteiger partial charge in [-0.25, -0.2) is 0 Å². The molecule has 0 aromatic heterocycles. The molecule has 8 nitrogen and oxygen atoms in total. The summed E-state index contributed by atoms with van der Waals surface area (Å²) >= 11 is 0. The Labute approximate surface area is 214 Å². The molecule has 0 saturated carbocycles. The van der Waals surface area contributed by atoms with Gasteiger partial charge in [0, 0.05) is 6.42 Å². The molecule has 0 rings (SSSR count). The van der Waals surface area contributed by atoms with E-state index in [4.69, 9.17) is 9.26 Å². The number of rotatable bonds is 24. The van der Waals surface area contributed by atoms with Crippen molar-refractivity contribution in [1.82, 2.24) is 0 Å². The van der Waals surface area contributed by atoms with Gasteiger partial charge >= 0.3 is 5.97 Å². The number of hydrogen-bond acceptors (Lipinski definition) is 7. The lowest BCUT2D eigenvalue weighted by Gasteiger charge is -2.27. The molecule has 35 heavy (non-hydrogen) atoms. The Hall–Kier alpha value is -0.760. The SMILES string of the molecule is CCCCCCCC/C=C/CCCCCCCC(=O)OCC(O)COP(=O)([O-])OCC[N+](C)(C)C. The lowest BCUT2D eigenvalue weighted by molar-refractivity contribution is -0.870. The minimum atomic E-state index is -4.49. The number of esters is 1. The molecule has 0 aliphatic heterocycles. The van der Waals surface area contributed by atoms with Gasteiger partial charge in [0.15, 0.2) is 0 Å². The molecule has 0 radical (unpaired) electrons. The molecule has 1 N–H and O–H groups in total. The number of ether oxygens (including phenoxy) is 1. The van der Waals surface area contributed by atoms with Gasteiger partial charge in [0.25, 0.3) is 7.82 Å². The maximum absolute atomic E-state index is 11.8. The van der Waals surface area contributed by atoms with Crippen LogP contribution in [0, 0.1) is 0 Å². The lowest BCUT2D eigenvalue weighted by atomic mass is 10.1. The van der Waals surface area contributed by atoms with E-state index in [0.29, 0.717) is 17.4 Å². The zero-order valence-corrected chi connectivity index (χ0v) is 23.6. The average Bonchev–Trinajstić information content (AvgIpc) is 2.78. The Morgan fingerprint density at radius 2 is 1.43 bits per heavy atom. The summed E-state index contributed by atoms with van der Waals surface area (Å²) in [6.45, 7) is 1.92. The molecule has 0 amide bonds. The molecule has 0 aliphatic rings. The maximum Gasteiger partial charge on any atom is 0.305 e. The fourth-order valence-electron chi connectivity index (χ4n) is 3.29. The van der Waals surface area contributed by atoms with Crippen molar-refractivity contribution < 1.29 is 37.6 Å². The molecule has 2 unspecified atom stereocenters. The summed E-state index contributed by atoms with van der Waals surface area (Å²) in [5.74, 6) is -0.397. The van der Waals surface area contributed by atoms with Crippen LogP contribution < -0.4 is 4.89 Å². The molecule has 0 bridgehead atoms. The Balaban J connectivity index is 3.59. The van der Waals surface area contributed by atoms with Crippen LogP contribution in [0.5, 0.6) is 0 Å². The van der Waals surface area contributed by atoms with Crippen molar-refractivity contribution in [3.8, 4) is 0 Å². The molecular weight excluding hydrogens is 469 g/mol. The van der Waals surface area contributed by atoms with E-state index in [1.165, 1.54) is 51.4 Å². The average molecular weight is 522 g/mol. The minimum Gasteiger partial charge on any atom is -0.756 e. The quantitative estimate of drug-likeness (QED) is 0.0617. The molecule has 0 aromatic rings. The molecular formula is C26H52NO7P. The number of hydrogen-bond donors (Lipinski definition) is 1. The third kappa shape index (κ3) is 26.1. The van der Waals surface area contributed by atoms with Gasteiger partial charge in [0.1, 0.15) is 25.9 Å². The van der Waals surface area contributed by atoms with Crippen LogP contribution in [0.3, 0.4) is 0 Å². The molecule has 0 saturated heterocycles. The third-order valence-electron chi connectivity index (χ3n) is 5.52. The molecule has 9 heteroatoms. The topological polar surface area (TPSA) is 105 Å². The first-order valence-electron chi connectivity index (χ1n) is 13.4. The van der Waals surface area contributed by atoms with Crippen molar-refractivity contribution >= 4 is 13.8 Å². The second-order valence-electron chi connectivity index (χ2n) is 10.3. The number of likely N-dealkylation sites (N-methyl/N-ethyl adjacent to an activating group) is 1. The van der Waals surface area contributed by atoms with E-state index in [0.717, 1.165) is 32.1 Å². The van der Waals surface area contributed by atoms with E-state index in [2.05, 4.69) is 23.6 Å². The van der Waals surface area contributed by atoms with Gasteiger partial charge in [0.05, 0.1) is 27.7 Å². The number of carbonyl (C=O) groups is 1. The van der Waals surface area contributed by atoms with Gasteiger partial charge < -0.3 is 28.3 Å². The zero-order chi connectivity index (χ0) is 26.4. The molecule has 0 spiro atoms. The van der Waals surface area contributed by atoms with Gasteiger partial charge in [-0.2, -0.15) is 0 Å². The summed E-state index contributed by atoms with van der Waals surface area (Å²) in [5.41, 5.74) is 0. The van der Waals surface area contributed by atoms with Crippen molar-refractivity contribution in [2.75, 3.05) is 47.5 Å². The molecule has 0 aromatic carbocycles. The van der Waals surface area contributed by atoms with Crippen molar-refractivity contribution in [3.05, 3.63) is 12.2 Å². The first-order chi connectivity index (χ1) is 16.6. The summed E-state index contributed by atoms with van der Waals surface area (Å²) in [6, 6.07) is 0.